The molecule has 0 aliphatic rings. The number of halogens is 1. The minimum Gasteiger partial charge on any atom is -0.271 e. The third kappa shape index (κ3) is 3.56. The van der Waals surface area contributed by atoms with Crippen molar-refractivity contribution in [3.05, 3.63) is 57.2 Å². The maximum absolute atomic E-state index is 6.18. The summed E-state index contributed by atoms with van der Waals surface area (Å²) in [4.78, 5) is 1.42. The molecule has 2 nitrogen and oxygen atoms in total. The summed E-state index contributed by atoms with van der Waals surface area (Å²) in [6, 6.07) is 12.2. The summed E-state index contributed by atoms with van der Waals surface area (Å²) in [5.74, 6) is 5.63. The molecule has 0 amide bonds. The fourth-order valence-corrected chi connectivity index (χ4v) is 3.04. The molecule has 4 heteroatoms. The lowest BCUT2D eigenvalue weighted by molar-refractivity contribution is 0.499. The summed E-state index contributed by atoms with van der Waals surface area (Å²) in [5.41, 5.74) is 3.93. The van der Waals surface area contributed by atoms with Gasteiger partial charge >= 0.3 is 0 Å². The summed E-state index contributed by atoms with van der Waals surface area (Å²) >= 11 is 7.99. The van der Waals surface area contributed by atoms with Crippen LogP contribution in [0.25, 0.3) is 0 Å². The van der Waals surface area contributed by atoms with Gasteiger partial charge < -0.3 is 0 Å². The lowest BCUT2D eigenvalue weighted by Crippen LogP contribution is -2.28. The zero-order valence-corrected chi connectivity index (χ0v) is 11.7. The largest absolute Gasteiger partial charge is 0.271 e. The lowest BCUT2D eigenvalue weighted by Gasteiger charge is -2.17. The zero-order valence-electron chi connectivity index (χ0n) is 10.1. The van der Waals surface area contributed by atoms with Gasteiger partial charge in [0.05, 0.1) is 0 Å². The predicted octanol–water partition coefficient (Wildman–Crippen LogP) is 3.93. The van der Waals surface area contributed by atoms with E-state index >= 15 is 0 Å². The maximum Gasteiger partial charge on any atom is 0.0474 e. The number of hydrogen-bond acceptors (Lipinski definition) is 3. The first-order valence-corrected chi connectivity index (χ1v) is 7.30. The zero-order chi connectivity index (χ0) is 12.8. The SMILES string of the molecule is NNC(CCCc1cccs1)c1ccccc1Cl. The van der Waals surface area contributed by atoms with E-state index in [2.05, 4.69) is 22.9 Å². The molecule has 0 saturated heterocycles. The summed E-state index contributed by atoms with van der Waals surface area (Å²) in [5, 5.41) is 2.89. The molecule has 1 unspecified atom stereocenters. The second-order valence-corrected chi connectivity index (χ2v) is 5.65. The van der Waals surface area contributed by atoms with Gasteiger partial charge in [0.15, 0.2) is 0 Å². The van der Waals surface area contributed by atoms with Crippen LogP contribution < -0.4 is 11.3 Å². The summed E-state index contributed by atoms with van der Waals surface area (Å²) < 4.78 is 0. The van der Waals surface area contributed by atoms with E-state index in [0.717, 1.165) is 29.8 Å². The highest BCUT2D eigenvalue weighted by Gasteiger charge is 2.12. The molecule has 1 aromatic carbocycles. The Morgan fingerprint density at radius 1 is 1.22 bits per heavy atom. The molecule has 0 bridgehead atoms. The fraction of sp³-hybridized carbons (Fsp3) is 0.286. The normalized spacial score (nSPS) is 12.6. The van der Waals surface area contributed by atoms with Crippen LogP contribution in [-0.2, 0) is 6.42 Å². The number of thiophene rings is 1. The Morgan fingerprint density at radius 3 is 2.72 bits per heavy atom. The highest BCUT2D eigenvalue weighted by atomic mass is 35.5. The summed E-state index contributed by atoms with van der Waals surface area (Å²) in [6.45, 7) is 0. The highest BCUT2D eigenvalue weighted by Crippen LogP contribution is 2.26. The summed E-state index contributed by atoms with van der Waals surface area (Å²) in [6.07, 6.45) is 3.18. The Balaban J connectivity index is 1.91. The van der Waals surface area contributed by atoms with Crippen molar-refractivity contribution in [1.29, 1.82) is 0 Å². The Bertz CT molecular complexity index is 470. The van der Waals surface area contributed by atoms with E-state index < -0.39 is 0 Å². The van der Waals surface area contributed by atoms with Gasteiger partial charge in [0.1, 0.15) is 0 Å². The van der Waals surface area contributed by atoms with Gasteiger partial charge in [0.2, 0.25) is 0 Å². The molecule has 0 aliphatic carbocycles. The molecule has 18 heavy (non-hydrogen) atoms. The average Bonchev–Trinajstić information content (AvgIpc) is 2.89. The standard InChI is InChI=1S/C14H17ClN2S/c15-13-8-2-1-7-12(13)14(17-16)9-3-5-11-6-4-10-18-11/h1-2,4,6-8,10,14,17H,3,5,9,16H2. The quantitative estimate of drug-likeness (QED) is 0.621. The number of aryl methyl sites for hydroxylation is 1. The van der Waals surface area contributed by atoms with Crippen molar-refractivity contribution in [2.24, 2.45) is 5.84 Å². The second kappa shape index (κ2) is 6.90. The molecule has 0 spiro atoms. The Labute approximate surface area is 117 Å². The smallest absolute Gasteiger partial charge is 0.0474 e. The predicted molar refractivity (Wildman–Crippen MR) is 78.8 cm³/mol. The van der Waals surface area contributed by atoms with Crippen molar-refractivity contribution in [2.75, 3.05) is 0 Å². The molecule has 3 N–H and O–H groups in total. The van der Waals surface area contributed by atoms with Gasteiger partial charge in [-0.25, -0.2) is 0 Å². The monoisotopic (exact) mass is 280 g/mol. The van der Waals surface area contributed by atoms with E-state index in [9.17, 15) is 0 Å². The van der Waals surface area contributed by atoms with Gasteiger partial charge in [-0.3, -0.25) is 11.3 Å². The van der Waals surface area contributed by atoms with E-state index in [1.54, 1.807) is 11.3 Å². The Hall–Kier alpha value is -0.870. The number of rotatable bonds is 6. The topological polar surface area (TPSA) is 38.0 Å². The van der Waals surface area contributed by atoms with Crippen LogP contribution in [0, 0.1) is 0 Å². The molecule has 0 fully saturated rings. The van der Waals surface area contributed by atoms with Gasteiger partial charge in [0.25, 0.3) is 0 Å². The van der Waals surface area contributed by atoms with E-state index in [0.29, 0.717) is 0 Å². The van der Waals surface area contributed by atoms with E-state index in [1.807, 2.05) is 24.3 Å². The number of benzene rings is 1. The molecule has 2 rings (SSSR count). The van der Waals surface area contributed by atoms with E-state index in [4.69, 9.17) is 17.4 Å². The molecule has 2 aromatic rings. The van der Waals surface area contributed by atoms with Crippen LogP contribution in [0.2, 0.25) is 5.02 Å². The van der Waals surface area contributed by atoms with Crippen molar-refractivity contribution in [2.45, 2.75) is 25.3 Å². The first kappa shape index (κ1) is 13.6. The van der Waals surface area contributed by atoms with Crippen LogP contribution in [0.15, 0.2) is 41.8 Å². The van der Waals surface area contributed by atoms with Crippen molar-refractivity contribution >= 4 is 22.9 Å². The van der Waals surface area contributed by atoms with Crippen molar-refractivity contribution in [1.82, 2.24) is 5.43 Å². The Morgan fingerprint density at radius 2 is 2.06 bits per heavy atom. The molecular weight excluding hydrogens is 264 g/mol. The van der Waals surface area contributed by atoms with Crippen LogP contribution in [0.5, 0.6) is 0 Å². The van der Waals surface area contributed by atoms with Gasteiger partial charge in [-0.05, 0) is 42.3 Å². The maximum atomic E-state index is 6.18. The third-order valence-corrected chi connectivity index (χ3v) is 4.26. The molecule has 96 valence electrons. The van der Waals surface area contributed by atoms with Gasteiger partial charge in [-0.15, -0.1) is 11.3 Å². The fourth-order valence-electron chi connectivity index (χ4n) is 2.02. The van der Waals surface area contributed by atoms with Crippen molar-refractivity contribution in [3.63, 3.8) is 0 Å². The van der Waals surface area contributed by atoms with Crippen LogP contribution in [-0.4, -0.2) is 0 Å². The van der Waals surface area contributed by atoms with Crippen LogP contribution in [0.3, 0.4) is 0 Å². The van der Waals surface area contributed by atoms with Gasteiger partial charge in [-0.1, -0.05) is 35.9 Å². The first-order valence-electron chi connectivity index (χ1n) is 6.04. The number of nitrogens with two attached hydrogens (primary N) is 1. The highest BCUT2D eigenvalue weighted by molar-refractivity contribution is 7.09. The van der Waals surface area contributed by atoms with Gasteiger partial charge in [-0.2, -0.15) is 0 Å². The summed E-state index contributed by atoms with van der Waals surface area (Å²) in [7, 11) is 0. The minimum absolute atomic E-state index is 0.124. The molecule has 1 heterocycles. The molecule has 0 saturated carbocycles. The lowest BCUT2D eigenvalue weighted by atomic mass is 10.0. The Kier molecular flexibility index (Phi) is 5.20. The third-order valence-electron chi connectivity index (χ3n) is 2.98. The molecular formula is C14H17ClN2S. The van der Waals surface area contributed by atoms with Crippen LogP contribution >= 0.6 is 22.9 Å². The first-order chi connectivity index (χ1) is 8.81. The van der Waals surface area contributed by atoms with E-state index in [1.165, 1.54) is 4.88 Å². The molecule has 1 aromatic heterocycles. The molecule has 1 atom stereocenters. The molecule has 0 aliphatic heterocycles. The average molecular weight is 281 g/mol. The molecule has 0 radical (unpaired) electrons. The number of hydrazine groups is 1. The van der Waals surface area contributed by atoms with Crippen molar-refractivity contribution in [3.8, 4) is 0 Å². The number of hydrogen-bond donors (Lipinski definition) is 2. The minimum atomic E-state index is 0.124. The second-order valence-electron chi connectivity index (χ2n) is 4.21. The van der Waals surface area contributed by atoms with Crippen LogP contribution in [0.4, 0.5) is 0 Å². The van der Waals surface area contributed by atoms with Crippen LogP contribution in [0.1, 0.15) is 29.3 Å². The number of nitrogens with one attached hydrogen (secondary N) is 1. The van der Waals surface area contributed by atoms with E-state index in [-0.39, 0.29) is 6.04 Å². The van der Waals surface area contributed by atoms with Crippen molar-refractivity contribution < 1.29 is 0 Å². The van der Waals surface area contributed by atoms with Gasteiger partial charge in [0, 0.05) is 15.9 Å².